The second kappa shape index (κ2) is 7.31. The molecule has 0 aliphatic rings. The maximum atomic E-state index is 12.1. The van der Waals surface area contributed by atoms with Crippen LogP contribution in [-0.4, -0.2) is 31.8 Å². The maximum Gasteiger partial charge on any atom is 0.321 e. The van der Waals surface area contributed by atoms with Crippen LogP contribution in [0.4, 0.5) is 0 Å². The van der Waals surface area contributed by atoms with Crippen LogP contribution in [0.3, 0.4) is 0 Å². The molecule has 0 aromatic heterocycles. The van der Waals surface area contributed by atoms with E-state index in [-0.39, 0.29) is 11.3 Å². The Morgan fingerprint density at radius 1 is 1.50 bits per heavy atom. The Morgan fingerprint density at radius 3 is 2.60 bits per heavy atom. The van der Waals surface area contributed by atoms with Gasteiger partial charge in [-0.3, -0.25) is 4.79 Å². The first kappa shape index (κ1) is 17.3. The van der Waals surface area contributed by atoms with Gasteiger partial charge in [0.25, 0.3) is 0 Å². The van der Waals surface area contributed by atoms with E-state index in [0.717, 1.165) is 4.90 Å². The van der Waals surface area contributed by atoms with E-state index >= 15 is 0 Å². The lowest BCUT2D eigenvalue weighted by Crippen LogP contribution is -2.40. The van der Waals surface area contributed by atoms with E-state index in [1.807, 2.05) is 6.26 Å². The maximum absolute atomic E-state index is 12.1. The van der Waals surface area contributed by atoms with Crippen LogP contribution in [0.2, 0.25) is 5.02 Å². The minimum atomic E-state index is -3.90. The van der Waals surface area contributed by atoms with Gasteiger partial charge < -0.3 is 5.11 Å². The number of thioether (sulfide) groups is 1. The first-order chi connectivity index (χ1) is 9.31. The summed E-state index contributed by atoms with van der Waals surface area (Å²) < 4.78 is 26.4. The molecule has 20 heavy (non-hydrogen) atoms. The third-order valence-corrected chi connectivity index (χ3v) is 5.30. The SMILES string of the molecule is CCCC(NS(=O)(=O)c1ccc(SC)c(Cl)c1)C(=O)O. The standard InChI is InChI=1S/C12H16ClNO4S2/c1-3-4-10(12(15)16)14-20(17,18)8-5-6-11(19-2)9(13)7-8/h5-7,10,14H,3-4H2,1-2H3,(H,15,16). The Balaban J connectivity index is 3.04. The first-order valence-electron chi connectivity index (χ1n) is 5.90. The lowest BCUT2D eigenvalue weighted by molar-refractivity contribution is -0.139. The van der Waals surface area contributed by atoms with Crippen LogP contribution in [0.25, 0.3) is 0 Å². The fourth-order valence-electron chi connectivity index (χ4n) is 1.59. The van der Waals surface area contributed by atoms with Crippen molar-refractivity contribution in [2.24, 2.45) is 0 Å². The molecule has 2 N–H and O–H groups in total. The van der Waals surface area contributed by atoms with Crippen molar-refractivity contribution in [1.82, 2.24) is 4.72 Å². The Labute approximate surface area is 127 Å². The number of carboxylic acid groups (broad SMARTS) is 1. The minimum Gasteiger partial charge on any atom is -0.480 e. The number of halogens is 1. The van der Waals surface area contributed by atoms with Crippen molar-refractivity contribution >= 4 is 39.4 Å². The second-order valence-electron chi connectivity index (χ2n) is 4.10. The number of hydrogen-bond donors (Lipinski definition) is 2. The highest BCUT2D eigenvalue weighted by Gasteiger charge is 2.25. The number of aliphatic carboxylic acids is 1. The van der Waals surface area contributed by atoms with Gasteiger partial charge in [-0.15, -0.1) is 11.8 Å². The molecule has 0 saturated carbocycles. The zero-order valence-corrected chi connectivity index (χ0v) is 13.5. The zero-order valence-electron chi connectivity index (χ0n) is 11.1. The second-order valence-corrected chi connectivity index (χ2v) is 7.07. The van der Waals surface area contributed by atoms with Crippen molar-refractivity contribution in [3.63, 3.8) is 0 Å². The lowest BCUT2D eigenvalue weighted by Gasteiger charge is -2.14. The lowest BCUT2D eigenvalue weighted by atomic mass is 10.2. The van der Waals surface area contributed by atoms with Gasteiger partial charge in [0.15, 0.2) is 0 Å². The van der Waals surface area contributed by atoms with Gasteiger partial charge in [-0.1, -0.05) is 24.9 Å². The summed E-state index contributed by atoms with van der Waals surface area (Å²) in [5.41, 5.74) is 0. The number of carboxylic acids is 1. The number of sulfonamides is 1. The van der Waals surface area contributed by atoms with Crippen LogP contribution in [0.15, 0.2) is 28.0 Å². The Kier molecular flexibility index (Phi) is 6.32. The summed E-state index contributed by atoms with van der Waals surface area (Å²) in [6.45, 7) is 1.79. The summed E-state index contributed by atoms with van der Waals surface area (Å²) in [5, 5.41) is 9.32. The monoisotopic (exact) mass is 337 g/mol. The van der Waals surface area contributed by atoms with Gasteiger partial charge in [0.2, 0.25) is 10.0 Å². The van der Waals surface area contributed by atoms with Crippen LogP contribution >= 0.6 is 23.4 Å². The predicted octanol–water partition coefficient (Wildman–Crippen LogP) is 2.59. The number of hydrogen-bond acceptors (Lipinski definition) is 4. The van der Waals surface area contributed by atoms with Gasteiger partial charge in [-0.05, 0) is 30.9 Å². The van der Waals surface area contributed by atoms with E-state index in [2.05, 4.69) is 4.72 Å². The van der Waals surface area contributed by atoms with Crippen LogP contribution in [0.1, 0.15) is 19.8 Å². The molecule has 1 rings (SSSR count). The fourth-order valence-corrected chi connectivity index (χ4v) is 3.78. The largest absolute Gasteiger partial charge is 0.480 e. The van der Waals surface area contributed by atoms with Crippen molar-refractivity contribution in [2.75, 3.05) is 6.26 Å². The summed E-state index contributed by atoms with van der Waals surface area (Å²) in [4.78, 5) is 11.7. The summed E-state index contributed by atoms with van der Waals surface area (Å²) in [6, 6.07) is 3.19. The molecule has 1 atom stereocenters. The first-order valence-corrected chi connectivity index (χ1v) is 8.99. The van der Waals surface area contributed by atoms with Crippen molar-refractivity contribution in [2.45, 2.75) is 35.6 Å². The molecule has 8 heteroatoms. The predicted molar refractivity (Wildman–Crippen MR) is 79.9 cm³/mol. The van der Waals surface area contributed by atoms with Crippen molar-refractivity contribution < 1.29 is 18.3 Å². The minimum absolute atomic E-state index is 0.0392. The molecule has 0 fully saturated rings. The molecule has 0 heterocycles. The van der Waals surface area contributed by atoms with E-state index in [1.54, 1.807) is 13.0 Å². The number of rotatable bonds is 7. The van der Waals surface area contributed by atoms with E-state index in [1.165, 1.54) is 23.9 Å². The van der Waals surface area contributed by atoms with Crippen molar-refractivity contribution in [1.29, 1.82) is 0 Å². The average Bonchev–Trinajstić information content (AvgIpc) is 2.37. The number of carbonyl (C=O) groups is 1. The van der Waals surface area contributed by atoms with E-state index in [9.17, 15) is 13.2 Å². The highest BCUT2D eigenvalue weighted by molar-refractivity contribution is 7.98. The fraction of sp³-hybridized carbons (Fsp3) is 0.417. The Hall–Kier alpha value is -0.760. The molecule has 0 radical (unpaired) electrons. The molecule has 1 aromatic carbocycles. The van der Waals surface area contributed by atoms with Crippen molar-refractivity contribution in [3.05, 3.63) is 23.2 Å². The highest BCUT2D eigenvalue weighted by Crippen LogP contribution is 2.27. The molecular formula is C12H16ClNO4S2. The van der Waals surface area contributed by atoms with Gasteiger partial charge in [-0.25, -0.2) is 8.42 Å². The van der Waals surface area contributed by atoms with Crippen molar-refractivity contribution in [3.8, 4) is 0 Å². The normalized spacial score (nSPS) is 13.2. The Bertz CT molecular complexity index is 589. The van der Waals surface area contributed by atoms with Crippen LogP contribution < -0.4 is 4.72 Å². The molecule has 0 aliphatic heterocycles. The van der Waals surface area contributed by atoms with Crippen LogP contribution in [-0.2, 0) is 14.8 Å². The van der Waals surface area contributed by atoms with Crippen LogP contribution in [0.5, 0.6) is 0 Å². The molecule has 112 valence electrons. The Morgan fingerprint density at radius 2 is 2.15 bits per heavy atom. The highest BCUT2D eigenvalue weighted by atomic mass is 35.5. The molecule has 5 nitrogen and oxygen atoms in total. The smallest absolute Gasteiger partial charge is 0.321 e. The molecule has 0 amide bonds. The quantitative estimate of drug-likeness (QED) is 0.747. The summed E-state index contributed by atoms with van der Waals surface area (Å²) >= 11 is 7.37. The van der Waals surface area contributed by atoms with Crippen LogP contribution in [0, 0.1) is 0 Å². The molecular weight excluding hydrogens is 322 g/mol. The van der Waals surface area contributed by atoms with E-state index in [4.69, 9.17) is 16.7 Å². The molecule has 1 aromatic rings. The molecule has 0 aliphatic carbocycles. The molecule has 0 bridgehead atoms. The zero-order chi connectivity index (χ0) is 15.3. The topological polar surface area (TPSA) is 83.5 Å². The van der Waals surface area contributed by atoms with Gasteiger partial charge in [0.05, 0.1) is 9.92 Å². The number of benzene rings is 1. The summed E-state index contributed by atoms with van der Waals surface area (Å²) in [5.74, 6) is -1.19. The molecule has 0 spiro atoms. The third-order valence-electron chi connectivity index (χ3n) is 2.61. The number of nitrogens with one attached hydrogen (secondary N) is 1. The molecule has 1 unspecified atom stereocenters. The van der Waals surface area contributed by atoms with Gasteiger partial charge in [-0.2, -0.15) is 4.72 Å². The van der Waals surface area contributed by atoms with Gasteiger partial charge >= 0.3 is 5.97 Å². The molecule has 0 saturated heterocycles. The van der Waals surface area contributed by atoms with E-state index < -0.39 is 22.0 Å². The third kappa shape index (κ3) is 4.37. The average molecular weight is 338 g/mol. The van der Waals surface area contributed by atoms with Gasteiger partial charge in [0.1, 0.15) is 6.04 Å². The van der Waals surface area contributed by atoms with E-state index in [0.29, 0.717) is 11.4 Å². The summed E-state index contributed by atoms with van der Waals surface area (Å²) in [7, 11) is -3.90. The summed E-state index contributed by atoms with van der Waals surface area (Å²) in [6.07, 6.45) is 2.62. The van der Waals surface area contributed by atoms with Gasteiger partial charge in [0, 0.05) is 4.90 Å².